The number of hydrogen-bond donors (Lipinski definition) is 1. The third-order valence-corrected chi connectivity index (χ3v) is 6.03. The van der Waals surface area contributed by atoms with Crippen LogP contribution in [0.25, 0.3) is 0 Å². The fraction of sp³-hybridized carbons (Fsp3) is 0.533. The van der Waals surface area contributed by atoms with E-state index in [0.29, 0.717) is 9.89 Å². The molecular weight excluding hydrogens is 339 g/mol. The van der Waals surface area contributed by atoms with Crippen molar-refractivity contribution in [3.8, 4) is 0 Å². The van der Waals surface area contributed by atoms with E-state index in [2.05, 4.69) is 21.2 Å². The number of hydrogen-bond acceptors (Lipinski definition) is 3. The summed E-state index contributed by atoms with van der Waals surface area (Å²) >= 11 is 5.01. The van der Waals surface area contributed by atoms with Crippen LogP contribution < -0.4 is 5.32 Å². The van der Waals surface area contributed by atoms with Crippen LogP contribution in [0.5, 0.6) is 0 Å². The minimum absolute atomic E-state index is 0.241. The Hall–Kier alpha value is -0.550. The highest BCUT2D eigenvalue weighted by Gasteiger charge is 2.34. The summed E-state index contributed by atoms with van der Waals surface area (Å²) in [5.74, 6) is 0.913. The van der Waals surface area contributed by atoms with Crippen molar-refractivity contribution in [1.29, 1.82) is 0 Å². The Morgan fingerprint density at radius 1 is 1.25 bits per heavy atom. The predicted molar refractivity (Wildman–Crippen MR) is 88.0 cm³/mol. The average molecular weight is 357 g/mol. The van der Waals surface area contributed by atoms with Crippen LogP contribution in [0.3, 0.4) is 0 Å². The number of amidine groups is 1. The van der Waals surface area contributed by atoms with Gasteiger partial charge >= 0.3 is 0 Å². The SMILES string of the molecule is Fc1ccc(NC2=NCC3(CCCCC3)CS2)cc1Br. The van der Waals surface area contributed by atoms with E-state index in [9.17, 15) is 4.39 Å². The first-order valence-corrected chi connectivity index (χ1v) is 8.84. The summed E-state index contributed by atoms with van der Waals surface area (Å²) in [4.78, 5) is 4.71. The zero-order valence-corrected chi connectivity index (χ0v) is 13.7. The molecule has 1 saturated carbocycles. The molecule has 1 aliphatic heterocycles. The normalized spacial score (nSPS) is 21.6. The van der Waals surface area contributed by atoms with Gasteiger partial charge in [-0.1, -0.05) is 31.0 Å². The van der Waals surface area contributed by atoms with E-state index in [0.717, 1.165) is 23.2 Å². The maximum atomic E-state index is 13.2. The van der Waals surface area contributed by atoms with Crippen LogP contribution >= 0.6 is 27.7 Å². The zero-order chi connectivity index (χ0) is 14.0. The standard InChI is InChI=1S/C15H18BrFN2S/c16-12-8-11(4-5-13(12)17)19-14-18-9-15(10-20-14)6-2-1-3-7-15/h4-5,8H,1-3,6-7,9-10H2,(H,18,19). The molecule has 1 N–H and O–H groups in total. The van der Waals surface area contributed by atoms with Crippen molar-refractivity contribution in [3.63, 3.8) is 0 Å². The van der Waals surface area contributed by atoms with Crippen LogP contribution in [0.1, 0.15) is 32.1 Å². The molecule has 108 valence electrons. The summed E-state index contributed by atoms with van der Waals surface area (Å²) in [6.45, 7) is 0.935. The Bertz CT molecular complexity index is 527. The Morgan fingerprint density at radius 2 is 2.05 bits per heavy atom. The van der Waals surface area contributed by atoms with Gasteiger partial charge in [0.2, 0.25) is 0 Å². The van der Waals surface area contributed by atoms with Gasteiger partial charge in [-0.2, -0.15) is 0 Å². The number of anilines is 1. The van der Waals surface area contributed by atoms with Crippen LogP contribution in [0, 0.1) is 11.2 Å². The van der Waals surface area contributed by atoms with Gasteiger partial charge in [0, 0.05) is 18.0 Å². The van der Waals surface area contributed by atoms with E-state index in [1.807, 2.05) is 0 Å². The molecule has 2 nitrogen and oxygen atoms in total. The highest BCUT2D eigenvalue weighted by molar-refractivity contribution is 9.10. The molecule has 1 spiro atoms. The van der Waals surface area contributed by atoms with Crippen LogP contribution in [0.2, 0.25) is 0 Å². The van der Waals surface area contributed by atoms with E-state index >= 15 is 0 Å². The fourth-order valence-corrected chi connectivity index (χ4v) is 4.48. The summed E-state index contributed by atoms with van der Waals surface area (Å²) in [5, 5.41) is 4.25. The summed E-state index contributed by atoms with van der Waals surface area (Å²) in [6.07, 6.45) is 6.72. The Morgan fingerprint density at radius 3 is 2.70 bits per heavy atom. The molecule has 0 unspecified atom stereocenters. The van der Waals surface area contributed by atoms with Gasteiger partial charge in [0.1, 0.15) is 5.82 Å². The van der Waals surface area contributed by atoms with Gasteiger partial charge in [0.25, 0.3) is 0 Å². The van der Waals surface area contributed by atoms with Crippen LogP contribution in [-0.4, -0.2) is 17.5 Å². The van der Waals surface area contributed by atoms with Crippen molar-refractivity contribution in [1.82, 2.24) is 0 Å². The van der Waals surface area contributed by atoms with E-state index in [4.69, 9.17) is 4.99 Å². The summed E-state index contributed by atoms with van der Waals surface area (Å²) < 4.78 is 13.7. The van der Waals surface area contributed by atoms with Crippen LogP contribution in [0.4, 0.5) is 10.1 Å². The van der Waals surface area contributed by atoms with E-state index in [1.54, 1.807) is 23.9 Å². The van der Waals surface area contributed by atoms with Gasteiger partial charge in [-0.15, -0.1) is 0 Å². The molecule has 1 fully saturated rings. The molecule has 0 atom stereocenters. The molecule has 0 bridgehead atoms. The smallest absolute Gasteiger partial charge is 0.161 e. The maximum absolute atomic E-state index is 13.2. The average Bonchev–Trinajstić information content (AvgIpc) is 2.47. The topological polar surface area (TPSA) is 24.4 Å². The third kappa shape index (κ3) is 3.19. The molecule has 2 aliphatic rings. The molecule has 1 aromatic carbocycles. The monoisotopic (exact) mass is 356 g/mol. The Kier molecular flexibility index (Phi) is 4.36. The lowest BCUT2D eigenvalue weighted by Gasteiger charge is -2.38. The number of rotatable bonds is 1. The summed E-state index contributed by atoms with van der Waals surface area (Å²) in [5.41, 5.74) is 1.32. The lowest BCUT2D eigenvalue weighted by molar-refractivity contribution is 0.232. The lowest BCUT2D eigenvalue weighted by Crippen LogP contribution is -2.35. The first kappa shape index (κ1) is 14.4. The summed E-state index contributed by atoms with van der Waals surface area (Å²) in [7, 11) is 0. The largest absolute Gasteiger partial charge is 0.335 e. The second-order valence-electron chi connectivity index (χ2n) is 5.72. The van der Waals surface area contributed by atoms with E-state index < -0.39 is 0 Å². The molecular formula is C15H18BrFN2S. The van der Waals surface area contributed by atoms with Gasteiger partial charge in [-0.05, 0) is 52.4 Å². The second kappa shape index (κ2) is 6.06. The molecule has 0 amide bonds. The van der Waals surface area contributed by atoms with Crippen molar-refractivity contribution in [2.24, 2.45) is 10.4 Å². The molecule has 0 aromatic heterocycles. The van der Waals surface area contributed by atoms with Crippen molar-refractivity contribution in [2.75, 3.05) is 17.6 Å². The highest BCUT2D eigenvalue weighted by Crippen LogP contribution is 2.42. The van der Waals surface area contributed by atoms with Gasteiger partial charge < -0.3 is 5.32 Å². The third-order valence-electron chi connectivity index (χ3n) is 4.16. The maximum Gasteiger partial charge on any atom is 0.161 e. The first-order chi connectivity index (χ1) is 9.67. The molecule has 1 heterocycles. The Labute approximate surface area is 131 Å². The summed E-state index contributed by atoms with van der Waals surface area (Å²) in [6, 6.07) is 4.96. The van der Waals surface area contributed by atoms with Gasteiger partial charge in [0.15, 0.2) is 5.17 Å². The molecule has 0 saturated heterocycles. The number of nitrogens with zero attached hydrogens (tertiary/aromatic N) is 1. The number of benzene rings is 1. The minimum Gasteiger partial charge on any atom is -0.335 e. The Balaban J connectivity index is 1.65. The van der Waals surface area contributed by atoms with Crippen LogP contribution in [-0.2, 0) is 0 Å². The number of thioether (sulfide) groups is 1. The van der Waals surface area contributed by atoms with Gasteiger partial charge in [-0.3, -0.25) is 4.99 Å². The van der Waals surface area contributed by atoms with Crippen LogP contribution in [0.15, 0.2) is 27.7 Å². The van der Waals surface area contributed by atoms with Crippen molar-refractivity contribution < 1.29 is 4.39 Å². The quantitative estimate of drug-likeness (QED) is 0.760. The molecule has 5 heteroatoms. The second-order valence-corrected chi connectivity index (χ2v) is 7.54. The van der Waals surface area contributed by atoms with E-state index in [-0.39, 0.29) is 5.82 Å². The predicted octanol–water partition coefficient (Wildman–Crippen LogP) is 5.05. The van der Waals surface area contributed by atoms with E-state index in [1.165, 1.54) is 38.2 Å². The highest BCUT2D eigenvalue weighted by atomic mass is 79.9. The molecule has 1 aliphatic carbocycles. The van der Waals surface area contributed by atoms with Gasteiger partial charge in [-0.25, -0.2) is 4.39 Å². The molecule has 20 heavy (non-hydrogen) atoms. The zero-order valence-electron chi connectivity index (χ0n) is 11.3. The molecule has 0 radical (unpaired) electrons. The molecule has 3 rings (SSSR count). The first-order valence-electron chi connectivity index (χ1n) is 7.06. The van der Waals surface area contributed by atoms with Crippen molar-refractivity contribution in [2.45, 2.75) is 32.1 Å². The minimum atomic E-state index is -0.241. The molecule has 1 aromatic rings. The van der Waals surface area contributed by atoms with Crippen molar-refractivity contribution in [3.05, 3.63) is 28.5 Å². The fourth-order valence-electron chi connectivity index (χ4n) is 2.93. The van der Waals surface area contributed by atoms with Gasteiger partial charge in [0.05, 0.1) is 4.47 Å². The van der Waals surface area contributed by atoms with Crippen molar-refractivity contribution >= 4 is 38.5 Å². The lowest BCUT2D eigenvalue weighted by atomic mass is 9.75. The number of nitrogens with one attached hydrogen (secondary N) is 1. The number of aliphatic imine (C=N–C) groups is 1. The number of halogens is 2.